The SMILES string of the molecule is CCCCCCCCCCCCCCCCCCCCCCCC(=O)O[C@H](COC(=O)CCCCCCCCCCCCCCCCCCCCCC)COP(=O)(O)OC[C@@H](O)COP(=O)(O)OC[C@@H](COC(=O)CCCCCCC)OC(=O)CCCCCCCCCCCCCC(C)C. The van der Waals surface area contributed by atoms with Crippen molar-refractivity contribution in [1.29, 1.82) is 0 Å². The van der Waals surface area contributed by atoms with Gasteiger partial charge in [-0.3, -0.25) is 37.3 Å². The van der Waals surface area contributed by atoms with Crippen LogP contribution in [0.1, 0.15) is 433 Å². The van der Waals surface area contributed by atoms with Gasteiger partial charge in [0.1, 0.15) is 19.3 Å². The summed E-state index contributed by atoms with van der Waals surface area (Å²) < 4.78 is 68.5. The number of hydrogen-bond acceptors (Lipinski definition) is 15. The lowest BCUT2D eigenvalue weighted by Crippen LogP contribution is -2.30. The second-order valence-corrected chi connectivity index (χ2v) is 32.5. The van der Waals surface area contributed by atoms with Gasteiger partial charge >= 0.3 is 39.5 Å². The highest BCUT2D eigenvalue weighted by molar-refractivity contribution is 7.47. The molecule has 2 unspecified atom stereocenters. The topological polar surface area (TPSA) is 237 Å². The van der Waals surface area contributed by atoms with Crippen LogP contribution in [-0.4, -0.2) is 96.7 Å². The van der Waals surface area contributed by atoms with Crippen LogP contribution >= 0.6 is 15.6 Å². The molecular formula is C81H158O17P2. The molecule has 0 aromatic heterocycles. The predicted octanol–water partition coefficient (Wildman–Crippen LogP) is 24.4. The molecule has 0 aromatic rings. The van der Waals surface area contributed by atoms with Gasteiger partial charge in [-0.2, -0.15) is 0 Å². The molecule has 5 atom stereocenters. The fraction of sp³-hybridized carbons (Fsp3) is 0.951. The number of unbranched alkanes of at least 4 members (excludes halogenated alkanes) is 53. The van der Waals surface area contributed by atoms with Gasteiger partial charge in [0.15, 0.2) is 12.2 Å². The molecule has 0 amide bonds. The van der Waals surface area contributed by atoms with E-state index in [0.717, 1.165) is 102 Å². The second-order valence-electron chi connectivity index (χ2n) is 29.6. The minimum absolute atomic E-state index is 0.106. The number of aliphatic hydroxyl groups excluding tert-OH is 1. The van der Waals surface area contributed by atoms with Gasteiger partial charge in [-0.1, -0.05) is 381 Å². The van der Waals surface area contributed by atoms with Crippen LogP contribution in [0.25, 0.3) is 0 Å². The van der Waals surface area contributed by atoms with E-state index in [9.17, 15) is 43.2 Å². The summed E-state index contributed by atoms with van der Waals surface area (Å²) in [6.07, 6.45) is 65.9. The van der Waals surface area contributed by atoms with Crippen LogP contribution in [0.4, 0.5) is 0 Å². The van der Waals surface area contributed by atoms with E-state index in [1.807, 2.05) is 0 Å². The number of ether oxygens (including phenoxy) is 4. The van der Waals surface area contributed by atoms with Crippen molar-refractivity contribution >= 4 is 39.5 Å². The van der Waals surface area contributed by atoms with Crippen LogP contribution in [0.3, 0.4) is 0 Å². The Bertz CT molecular complexity index is 1910. The molecule has 0 rings (SSSR count). The maximum absolute atomic E-state index is 13.1. The van der Waals surface area contributed by atoms with E-state index >= 15 is 0 Å². The molecule has 0 saturated carbocycles. The summed E-state index contributed by atoms with van der Waals surface area (Å²) >= 11 is 0. The molecule has 0 heterocycles. The van der Waals surface area contributed by atoms with Gasteiger partial charge in [-0.15, -0.1) is 0 Å². The lowest BCUT2D eigenvalue weighted by Gasteiger charge is -2.21. The maximum atomic E-state index is 13.1. The summed E-state index contributed by atoms with van der Waals surface area (Å²) in [6.45, 7) is 7.23. The van der Waals surface area contributed by atoms with Crippen molar-refractivity contribution in [2.75, 3.05) is 39.6 Å². The van der Waals surface area contributed by atoms with Crippen LogP contribution in [0.15, 0.2) is 0 Å². The number of aliphatic hydroxyl groups is 1. The molecule has 0 aliphatic heterocycles. The fourth-order valence-electron chi connectivity index (χ4n) is 12.6. The first-order chi connectivity index (χ1) is 48.5. The molecule has 594 valence electrons. The van der Waals surface area contributed by atoms with Crippen LogP contribution in [0.2, 0.25) is 0 Å². The molecule has 0 saturated heterocycles. The van der Waals surface area contributed by atoms with Crippen LogP contribution in [0, 0.1) is 5.92 Å². The Balaban J connectivity index is 5.11. The lowest BCUT2D eigenvalue weighted by molar-refractivity contribution is -0.161. The second kappa shape index (κ2) is 73.9. The molecule has 0 spiro atoms. The van der Waals surface area contributed by atoms with Crippen molar-refractivity contribution in [3.05, 3.63) is 0 Å². The van der Waals surface area contributed by atoms with E-state index in [-0.39, 0.29) is 25.7 Å². The Morgan fingerprint density at radius 1 is 0.270 bits per heavy atom. The van der Waals surface area contributed by atoms with Crippen molar-refractivity contribution in [3.8, 4) is 0 Å². The number of rotatable bonds is 81. The summed E-state index contributed by atoms with van der Waals surface area (Å²) in [6, 6.07) is 0. The summed E-state index contributed by atoms with van der Waals surface area (Å²) in [5.74, 6) is -1.35. The zero-order valence-electron chi connectivity index (χ0n) is 65.3. The molecule has 19 heteroatoms. The number of hydrogen-bond donors (Lipinski definition) is 3. The third-order valence-corrected chi connectivity index (χ3v) is 20.9. The van der Waals surface area contributed by atoms with Gasteiger partial charge in [0.25, 0.3) is 0 Å². The third kappa shape index (κ3) is 74.3. The van der Waals surface area contributed by atoms with E-state index in [0.29, 0.717) is 25.7 Å². The minimum atomic E-state index is -4.96. The summed E-state index contributed by atoms with van der Waals surface area (Å²) in [7, 11) is -9.91. The predicted molar refractivity (Wildman–Crippen MR) is 409 cm³/mol. The smallest absolute Gasteiger partial charge is 0.462 e. The largest absolute Gasteiger partial charge is 0.472 e. The molecule has 0 aliphatic rings. The van der Waals surface area contributed by atoms with Crippen LogP contribution in [-0.2, 0) is 65.4 Å². The van der Waals surface area contributed by atoms with E-state index in [1.54, 1.807) is 0 Å². The molecule has 0 fully saturated rings. The standard InChI is InChI=1S/C81H158O17P2/c1-6-9-12-15-17-19-21-23-25-27-29-31-33-35-37-39-43-47-51-56-61-66-81(86)98-77(71-92-79(84)65-60-55-50-46-42-38-36-34-32-30-28-26-24-22-20-18-16-13-10-7-2)73-96-100(89,90)94-69-75(82)68-93-99(87,88)95-72-76(70-91-78(83)64-59-53-14-11-8-3)97-80(85)67-62-57-52-48-44-40-41-45-49-54-58-63-74(4)5/h74-77,82H,6-73H2,1-5H3,(H,87,88)(H,89,90)/t75-,76+,77+/m0/s1. The molecule has 0 radical (unpaired) electrons. The average molecular weight is 1470 g/mol. The minimum Gasteiger partial charge on any atom is -0.462 e. The van der Waals surface area contributed by atoms with E-state index in [1.165, 1.54) is 250 Å². The first-order valence-corrected chi connectivity index (χ1v) is 45.1. The van der Waals surface area contributed by atoms with Gasteiger partial charge in [-0.05, 0) is 31.6 Å². The highest BCUT2D eigenvalue weighted by Crippen LogP contribution is 2.45. The zero-order chi connectivity index (χ0) is 73.4. The fourth-order valence-corrected chi connectivity index (χ4v) is 14.2. The van der Waals surface area contributed by atoms with Crippen LogP contribution in [0.5, 0.6) is 0 Å². The van der Waals surface area contributed by atoms with E-state index in [2.05, 4.69) is 34.6 Å². The Morgan fingerprint density at radius 3 is 0.680 bits per heavy atom. The van der Waals surface area contributed by atoms with E-state index < -0.39 is 97.5 Å². The molecule has 0 bridgehead atoms. The molecular weight excluding hydrogens is 1310 g/mol. The van der Waals surface area contributed by atoms with Crippen LogP contribution < -0.4 is 0 Å². The van der Waals surface area contributed by atoms with Gasteiger partial charge in [0.2, 0.25) is 0 Å². The number of carbonyl (C=O) groups is 4. The number of phosphoric ester groups is 2. The Morgan fingerprint density at radius 2 is 0.460 bits per heavy atom. The highest BCUT2D eigenvalue weighted by Gasteiger charge is 2.30. The van der Waals surface area contributed by atoms with Crippen molar-refractivity contribution in [2.24, 2.45) is 5.92 Å². The molecule has 17 nitrogen and oxygen atoms in total. The average Bonchev–Trinajstić information content (AvgIpc) is 0.924. The lowest BCUT2D eigenvalue weighted by atomic mass is 10.0. The molecule has 100 heavy (non-hydrogen) atoms. The van der Waals surface area contributed by atoms with E-state index in [4.69, 9.17) is 37.0 Å². The summed E-state index contributed by atoms with van der Waals surface area (Å²) in [5, 5.41) is 10.6. The van der Waals surface area contributed by atoms with Gasteiger partial charge in [0.05, 0.1) is 26.4 Å². The highest BCUT2D eigenvalue weighted by atomic mass is 31.2. The quantitative estimate of drug-likeness (QED) is 0.0222. The Kier molecular flexibility index (Phi) is 72.5. The Hall–Kier alpha value is -1.94. The molecule has 0 aliphatic carbocycles. The number of phosphoric acid groups is 2. The van der Waals surface area contributed by atoms with Crippen molar-refractivity contribution in [1.82, 2.24) is 0 Å². The van der Waals surface area contributed by atoms with Gasteiger partial charge in [-0.25, -0.2) is 9.13 Å². The summed E-state index contributed by atoms with van der Waals surface area (Å²) in [5.41, 5.74) is 0. The normalized spacial score (nSPS) is 13.8. The summed E-state index contributed by atoms with van der Waals surface area (Å²) in [4.78, 5) is 72.7. The van der Waals surface area contributed by atoms with Crippen molar-refractivity contribution in [2.45, 2.75) is 451 Å². The first-order valence-electron chi connectivity index (χ1n) is 42.1. The third-order valence-electron chi connectivity index (χ3n) is 19.0. The monoisotopic (exact) mass is 1470 g/mol. The maximum Gasteiger partial charge on any atom is 0.472 e. The van der Waals surface area contributed by atoms with Gasteiger partial charge < -0.3 is 33.8 Å². The van der Waals surface area contributed by atoms with Gasteiger partial charge in [0, 0.05) is 25.7 Å². The Labute approximate surface area is 613 Å². The first kappa shape index (κ1) is 98.1. The van der Waals surface area contributed by atoms with Crippen molar-refractivity contribution < 1.29 is 80.2 Å². The van der Waals surface area contributed by atoms with Crippen molar-refractivity contribution in [3.63, 3.8) is 0 Å². The zero-order valence-corrected chi connectivity index (χ0v) is 67.1. The number of esters is 4. The molecule has 0 aromatic carbocycles. The molecule has 3 N–H and O–H groups in total. The number of carbonyl (C=O) groups excluding carboxylic acids is 4.